The fourth-order valence-corrected chi connectivity index (χ4v) is 4.13. The van der Waals surface area contributed by atoms with Crippen molar-refractivity contribution in [3.63, 3.8) is 0 Å². The van der Waals surface area contributed by atoms with Gasteiger partial charge in [0, 0.05) is 24.6 Å². The minimum Gasteiger partial charge on any atom is -0.321 e. The molecule has 2 saturated heterocycles. The Morgan fingerprint density at radius 3 is 2.90 bits per heavy atom. The maximum absolute atomic E-state index is 13.0. The third kappa shape index (κ3) is 4.27. The van der Waals surface area contributed by atoms with Gasteiger partial charge in [-0.25, -0.2) is 14.1 Å². The third-order valence-electron chi connectivity index (χ3n) is 4.86. The van der Waals surface area contributed by atoms with E-state index in [4.69, 9.17) is 0 Å². The summed E-state index contributed by atoms with van der Waals surface area (Å²) in [4.78, 5) is 25.7. The van der Waals surface area contributed by atoms with Crippen molar-refractivity contribution >= 4 is 29.4 Å². The van der Waals surface area contributed by atoms with Gasteiger partial charge in [0.1, 0.15) is 11.6 Å². The summed E-state index contributed by atoms with van der Waals surface area (Å²) < 4.78 is 14.6. The van der Waals surface area contributed by atoms with E-state index in [9.17, 15) is 14.0 Å². The second-order valence-electron chi connectivity index (χ2n) is 7.01. The van der Waals surface area contributed by atoms with Crippen molar-refractivity contribution in [2.24, 2.45) is 5.92 Å². The Balaban J connectivity index is 1.43. The molecule has 4 N–H and O–H groups in total. The van der Waals surface area contributed by atoms with Gasteiger partial charge in [-0.3, -0.25) is 20.3 Å². The number of hydrazine groups is 1. The average molecular weight is 419 g/mol. The van der Waals surface area contributed by atoms with E-state index in [0.29, 0.717) is 18.1 Å². The van der Waals surface area contributed by atoms with Crippen LogP contribution in [0.15, 0.2) is 35.2 Å². The number of aromatic nitrogens is 2. The molecule has 11 heteroatoms. The molecule has 0 aliphatic carbocycles. The average Bonchev–Trinajstić information content (AvgIpc) is 3.24. The highest BCUT2D eigenvalue weighted by atomic mass is 32.2. The Morgan fingerprint density at radius 1 is 1.38 bits per heavy atom. The number of carbonyl (C=O) groups excluding carboxylic acids is 2. The molecule has 9 nitrogen and oxygen atoms in total. The zero-order chi connectivity index (χ0) is 20.5. The molecule has 0 spiro atoms. The van der Waals surface area contributed by atoms with Crippen molar-refractivity contribution in [1.29, 1.82) is 0 Å². The van der Waals surface area contributed by atoms with Gasteiger partial charge in [-0.1, -0.05) is 0 Å². The van der Waals surface area contributed by atoms with E-state index in [-0.39, 0.29) is 35.5 Å². The maximum atomic E-state index is 13.0. The Labute approximate surface area is 171 Å². The Morgan fingerprint density at radius 2 is 2.14 bits per heavy atom. The first-order valence-corrected chi connectivity index (χ1v) is 10.2. The first-order chi connectivity index (χ1) is 13.9. The summed E-state index contributed by atoms with van der Waals surface area (Å²) in [5.41, 5.74) is 3.85. The number of nitrogens with one attached hydrogen (secondary N) is 4. The lowest BCUT2D eigenvalue weighted by molar-refractivity contribution is -0.131. The molecule has 2 aliphatic heterocycles. The maximum Gasteiger partial charge on any atom is 0.235 e. The number of hydrogen-bond donors (Lipinski definition) is 4. The van der Waals surface area contributed by atoms with Crippen molar-refractivity contribution in [1.82, 2.24) is 30.8 Å². The first kappa shape index (κ1) is 19.8. The van der Waals surface area contributed by atoms with Crippen LogP contribution < -0.4 is 21.4 Å². The van der Waals surface area contributed by atoms with Crippen LogP contribution in [0.4, 0.5) is 10.2 Å². The van der Waals surface area contributed by atoms with Gasteiger partial charge < -0.3 is 10.6 Å². The van der Waals surface area contributed by atoms with E-state index in [2.05, 4.69) is 26.5 Å². The second-order valence-corrected chi connectivity index (χ2v) is 8.06. The molecule has 0 saturated carbocycles. The third-order valence-corrected chi connectivity index (χ3v) is 5.87. The van der Waals surface area contributed by atoms with Crippen molar-refractivity contribution in [3.05, 3.63) is 41.8 Å². The minimum atomic E-state index is -0.583. The van der Waals surface area contributed by atoms with Gasteiger partial charge in [-0.15, -0.1) is 11.8 Å². The SMILES string of the molecule is Cc1cc(NC(=O)CSc2ccc(F)cc2)n(C2NC(=O)C3CNN(C)C3N2)n1. The van der Waals surface area contributed by atoms with E-state index in [1.807, 2.05) is 19.0 Å². The standard InChI is InChI=1S/C18H22FN7O2S/c1-10-7-14(21-15(27)9-29-12-5-3-11(19)4-6-12)26(24-10)18-22-16-13(17(28)23-18)8-20-25(16)2/h3-7,13,16,18,20,22H,8-9H2,1-2H3,(H,21,27)(H,23,28). The largest absolute Gasteiger partial charge is 0.321 e. The minimum absolute atomic E-state index is 0.0760. The van der Waals surface area contributed by atoms with E-state index in [1.54, 1.807) is 22.9 Å². The highest BCUT2D eigenvalue weighted by molar-refractivity contribution is 8.00. The van der Waals surface area contributed by atoms with Gasteiger partial charge in [0.25, 0.3) is 0 Å². The van der Waals surface area contributed by atoms with Crippen molar-refractivity contribution in [2.45, 2.75) is 24.3 Å². The van der Waals surface area contributed by atoms with Crippen molar-refractivity contribution in [2.75, 3.05) is 24.7 Å². The number of amides is 2. The molecular weight excluding hydrogens is 397 g/mol. The number of aryl methyl sites for hydroxylation is 1. The predicted molar refractivity (Wildman–Crippen MR) is 106 cm³/mol. The number of rotatable bonds is 5. The number of carbonyl (C=O) groups is 2. The summed E-state index contributed by atoms with van der Waals surface area (Å²) in [6.07, 6.45) is -0.754. The molecule has 3 unspecified atom stereocenters. The smallest absolute Gasteiger partial charge is 0.235 e. The Kier molecular flexibility index (Phi) is 5.54. The predicted octanol–water partition coefficient (Wildman–Crippen LogP) is 0.629. The molecule has 3 heterocycles. The van der Waals surface area contributed by atoms with Gasteiger partial charge in [0.15, 0.2) is 6.29 Å². The molecule has 154 valence electrons. The van der Waals surface area contributed by atoms with Crippen molar-refractivity contribution < 1.29 is 14.0 Å². The van der Waals surface area contributed by atoms with Crippen molar-refractivity contribution in [3.8, 4) is 0 Å². The van der Waals surface area contributed by atoms with Crippen LogP contribution in [0, 0.1) is 18.7 Å². The Hall–Kier alpha value is -2.47. The lowest BCUT2D eigenvalue weighted by atomic mass is 10.1. The summed E-state index contributed by atoms with van der Waals surface area (Å²) in [7, 11) is 1.87. The fourth-order valence-electron chi connectivity index (χ4n) is 3.43. The van der Waals surface area contributed by atoms with Crippen LogP contribution in [-0.2, 0) is 9.59 Å². The van der Waals surface area contributed by atoms with Crippen LogP contribution in [0.3, 0.4) is 0 Å². The Bertz CT molecular complexity index is 919. The molecule has 29 heavy (non-hydrogen) atoms. The summed E-state index contributed by atoms with van der Waals surface area (Å²) in [5.74, 6) is -0.161. The molecule has 1 aromatic heterocycles. The van der Waals surface area contributed by atoms with E-state index in [1.165, 1.54) is 23.9 Å². The van der Waals surface area contributed by atoms with Gasteiger partial charge in [0.05, 0.1) is 23.5 Å². The number of halogens is 1. The molecule has 1 aromatic carbocycles. The normalized spacial score (nSPS) is 24.2. The second kappa shape index (κ2) is 8.11. The van der Waals surface area contributed by atoms with Crippen LogP contribution in [0.25, 0.3) is 0 Å². The van der Waals surface area contributed by atoms with Gasteiger partial charge in [-0.05, 0) is 31.2 Å². The van der Waals surface area contributed by atoms with Crippen LogP contribution >= 0.6 is 11.8 Å². The molecule has 2 aliphatic rings. The fraction of sp³-hybridized carbons (Fsp3) is 0.389. The van der Waals surface area contributed by atoms with Crippen LogP contribution in [0.2, 0.25) is 0 Å². The molecule has 4 rings (SSSR count). The highest BCUT2D eigenvalue weighted by Crippen LogP contribution is 2.23. The lowest BCUT2D eigenvalue weighted by Crippen LogP contribution is -2.61. The quantitative estimate of drug-likeness (QED) is 0.527. The zero-order valence-electron chi connectivity index (χ0n) is 16.0. The van der Waals surface area contributed by atoms with E-state index >= 15 is 0 Å². The number of thioether (sulfide) groups is 1. The van der Waals surface area contributed by atoms with E-state index < -0.39 is 6.29 Å². The summed E-state index contributed by atoms with van der Waals surface area (Å²) in [6, 6.07) is 7.73. The van der Waals surface area contributed by atoms with Crippen LogP contribution in [0.5, 0.6) is 0 Å². The molecule has 3 atom stereocenters. The van der Waals surface area contributed by atoms with E-state index in [0.717, 1.165) is 4.90 Å². The first-order valence-electron chi connectivity index (χ1n) is 9.18. The molecule has 2 fully saturated rings. The summed E-state index contributed by atoms with van der Waals surface area (Å²) in [5, 5.41) is 15.4. The lowest BCUT2D eigenvalue weighted by Gasteiger charge is -2.35. The van der Waals surface area contributed by atoms with Gasteiger partial charge in [0.2, 0.25) is 11.8 Å². The number of nitrogens with zero attached hydrogens (tertiary/aromatic N) is 3. The number of benzene rings is 1. The zero-order valence-corrected chi connectivity index (χ0v) is 16.8. The van der Waals surface area contributed by atoms with Gasteiger partial charge in [-0.2, -0.15) is 5.10 Å². The molecule has 2 amide bonds. The van der Waals surface area contributed by atoms with Crippen LogP contribution in [-0.4, -0.2) is 52.1 Å². The summed E-state index contributed by atoms with van der Waals surface area (Å²) in [6.45, 7) is 2.38. The number of hydrogen-bond acceptors (Lipinski definition) is 7. The van der Waals surface area contributed by atoms with Gasteiger partial charge >= 0.3 is 0 Å². The monoisotopic (exact) mass is 419 g/mol. The summed E-state index contributed by atoms with van der Waals surface area (Å²) >= 11 is 1.31. The van der Waals surface area contributed by atoms with Crippen LogP contribution in [0.1, 0.15) is 12.0 Å². The molecule has 0 bridgehead atoms. The number of fused-ring (bicyclic) bond motifs is 1. The molecule has 0 radical (unpaired) electrons. The highest BCUT2D eigenvalue weighted by Gasteiger charge is 2.43. The number of anilines is 1. The molecule has 2 aromatic rings. The topological polar surface area (TPSA) is 103 Å². The molecular formula is C18H22FN7O2S.